The van der Waals surface area contributed by atoms with Gasteiger partial charge in [0, 0.05) is 31.0 Å². The lowest BCUT2D eigenvalue weighted by atomic mass is 10.0. The minimum absolute atomic E-state index is 0.0911. The molecular formula is C21H29N3O3. The van der Waals surface area contributed by atoms with Crippen molar-refractivity contribution in [2.45, 2.75) is 53.5 Å². The minimum Gasteiger partial charge on any atom is -0.451 e. The number of aryl methyl sites for hydroxylation is 1. The zero-order valence-corrected chi connectivity index (χ0v) is 16.7. The van der Waals surface area contributed by atoms with Gasteiger partial charge in [-0.25, -0.2) is 4.79 Å². The number of carbonyl (C=O) groups is 2. The molecule has 0 aliphatic carbocycles. The van der Waals surface area contributed by atoms with Crippen molar-refractivity contribution in [3.05, 3.63) is 28.6 Å². The van der Waals surface area contributed by atoms with Crippen LogP contribution in [0.1, 0.15) is 50.1 Å². The van der Waals surface area contributed by atoms with Gasteiger partial charge in [-0.2, -0.15) is 5.26 Å². The summed E-state index contributed by atoms with van der Waals surface area (Å²) in [4.78, 5) is 26.2. The Morgan fingerprint density at radius 1 is 1.41 bits per heavy atom. The Morgan fingerprint density at radius 3 is 2.78 bits per heavy atom. The van der Waals surface area contributed by atoms with Gasteiger partial charge in [0.2, 0.25) is 0 Å². The number of ether oxygens (including phenoxy) is 1. The van der Waals surface area contributed by atoms with Gasteiger partial charge in [0.05, 0.1) is 0 Å². The van der Waals surface area contributed by atoms with Gasteiger partial charge in [-0.3, -0.25) is 4.79 Å². The van der Waals surface area contributed by atoms with Crippen LogP contribution < -0.4 is 0 Å². The van der Waals surface area contributed by atoms with E-state index in [1.54, 1.807) is 11.0 Å². The molecule has 0 bridgehead atoms. The molecule has 1 aromatic rings. The lowest BCUT2D eigenvalue weighted by Gasteiger charge is -2.30. The Balaban J connectivity index is 2.03. The van der Waals surface area contributed by atoms with Crippen LogP contribution in [0.25, 0.3) is 6.08 Å². The zero-order valence-electron chi connectivity index (χ0n) is 16.7. The van der Waals surface area contributed by atoms with E-state index in [0.717, 1.165) is 42.8 Å². The van der Waals surface area contributed by atoms with Gasteiger partial charge in [0.25, 0.3) is 5.91 Å². The Bertz CT molecular complexity index is 770. The summed E-state index contributed by atoms with van der Waals surface area (Å²) in [6, 6.07) is 3.86. The topological polar surface area (TPSA) is 75.3 Å². The number of amides is 1. The lowest BCUT2D eigenvalue weighted by Crippen LogP contribution is -2.41. The molecule has 1 atom stereocenters. The summed E-state index contributed by atoms with van der Waals surface area (Å²) in [6.07, 6.45) is 4.63. The molecule has 1 fully saturated rings. The number of rotatable bonds is 6. The van der Waals surface area contributed by atoms with Crippen molar-refractivity contribution < 1.29 is 14.3 Å². The number of piperidine rings is 1. The first-order valence-corrected chi connectivity index (χ1v) is 9.60. The van der Waals surface area contributed by atoms with Crippen molar-refractivity contribution in [2.24, 2.45) is 5.92 Å². The van der Waals surface area contributed by atoms with E-state index in [0.29, 0.717) is 19.0 Å². The number of hydrogen-bond donors (Lipinski definition) is 0. The number of nitriles is 1. The molecule has 2 heterocycles. The van der Waals surface area contributed by atoms with Gasteiger partial charge >= 0.3 is 5.97 Å². The van der Waals surface area contributed by atoms with E-state index in [2.05, 4.69) is 18.4 Å². The minimum atomic E-state index is -0.754. The summed E-state index contributed by atoms with van der Waals surface area (Å²) in [5, 5.41) is 9.36. The zero-order chi connectivity index (χ0) is 20.0. The quantitative estimate of drug-likeness (QED) is 0.437. The highest BCUT2D eigenvalue weighted by Gasteiger charge is 2.22. The van der Waals surface area contributed by atoms with Crippen LogP contribution in [0, 0.1) is 31.1 Å². The molecule has 0 radical (unpaired) electrons. The summed E-state index contributed by atoms with van der Waals surface area (Å²) in [5.74, 6) is -0.490. The normalized spacial score (nSPS) is 17.5. The first-order chi connectivity index (χ1) is 12.9. The molecule has 0 unspecified atom stereocenters. The molecular weight excluding hydrogens is 342 g/mol. The van der Waals surface area contributed by atoms with Gasteiger partial charge in [0.1, 0.15) is 11.6 Å². The van der Waals surface area contributed by atoms with Gasteiger partial charge in [-0.15, -0.1) is 0 Å². The summed E-state index contributed by atoms with van der Waals surface area (Å²) in [6.45, 7) is 10.1. The molecule has 1 aromatic heterocycles. The number of aromatic nitrogens is 1. The van der Waals surface area contributed by atoms with Crippen molar-refractivity contribution in [1.29, 1.82) is 5.26 Å². The number of carbonyl (C=O) groups excluding carboxylic acids is 2. The molecule has 0 aromatic carbocycles. The third-order valence-electron chi connectivity index (χ3n) is 5.04. The summed E-state index contributed by atoms with van der Waals surface area (Å²) < 4.78 is 7.27. The second kappa shape index (κ2) is 9.40. The van der Waals surface area contributed by atoms with Crippen molar-refractivity contribution in [3.63, 3.8) is 0 Å². The highest BCUT2D eigenvalue weighted by Crippen LogP contribution is 2.19. The first kappa shape index (κ1) is 20.8. The number of likely N-dealkylation sites (tertiary alicyclic amines) is 1. The van der Waals surface area contributed by atoms with Crippen LogP contribution in [0.15, 0.2) is 11.6 Å². The highest BCUT2D eigenvalue weighted by molar-refractivity contribution is 5.99. The summed E-state index contributed by atoms with van der Waals surface area (Å²) in [5.41, 5.74) is 2.83. The van der Waals surface area contributed by atoms with E-state index < -0.39 is 5.97 Å². The van der Waals surface area contributed by atoms with Crippen molar-refractivity contribution in [1.82, 2.24) is 9.47 Å². The fraction of sp³-hybridized carbons (Fsp3) is 0.571. The van der Waals surface area contributed by atoms with E-state index in [-0.39, 0.29) is 18.1 Å². The van der Waals surface area contributed by atoms with Crippen LogP contribution in [-0.2, 0) is 20.9 Å². The summed E-state index contributed by atoms with van der Waals surface area (Å²) >= 11 is 0. The molecule has 1 saturated heterocycles. The maximum Gasteiger partial charge on any atom is 0.349 e. The maximum absolute atomic E-state index is 12.3. The van der Waals surface area contributed by atoms with E-state index in [4.69, 9.17) is 4.74 Å². The average molecular weight is 371 g/mol. The molecule has 0 spiro atoms. The van der Waals surface area contributed by atoms with E-state index in [1.807, 2.05) is 26.0 Å². The second-order valence-electron chi connectivity index (χ2n) is 7.31. The molecule has 1 aliphatic rings. The fourth-order valence-corrected chi connectivity index (χ4v) is 3.55. The standard InChI is InChI=1S/C21H29N3O3/c1-5-8-24-16(3)10-18(17(24)4)11-19(12-22)21(26)27-14-20(25)23-9-6-7-15(2)13-23/h10-11,15H,5-9,13-14H2,1-4H3/b19-11+/t15-/m0/s1. The first-order valence-electron chi connectivity index (χ1n) is 9.60. The van der Waals surface area contributed by atoms with Crippen molar-refractivity contribution >= 4 is 18.0 Å². The molecule has 27 heavy (non-hydrogen) atoms. The van der Waals surface area contributed by atoms with Crippen LogP contribution in [0.3, 0.4) is 0 Å². The smallest absolute Gasteiger partial charge is 0.349 e. The molecule has 6 heteroatoms. The van der Waals surface area contributed by atoms with Crippen LogP contribution in [0.5, 0.6) is 0 Å². The Hall–Kier alpha value is -2.55. The number of nitrogens with zero attached hydrogens (tertiary/aromatic N) is 3. The highest BCUT2D eigenvalue weighted by atomic mass is 16.5. The van der Waals surface area contributed by atoms with Crippen LogP contribution in [-0.4, -0.2) is 41.0 Å². The molecule has 0 saturated carbocycles. The Labute approximate surface area is 161 Å². The third-order valence-corrected chi connectivity index (χ3v) is 5.04. The molecule has 1 aliphatic heterocycles. The molecule has 6 nitrogen and oxygen atoms in total. The van der Waals surface area contributed by atoms with E-state index >= 15 is 0 Å². The van der Waals surface area contributed by atoms with Crippen molar-refractivity contribution in [3.8, 4) is 6.07 Å². The number of esters is 1. The molecule has 1 amide bonds. The average Bonchev–Trinajstić information content (AvgIpc) is 2.91. The summed E-state index contributed by atoms with van der Waals surface area (Å²) in [7, 11) is 0. The van der Waals surface area contributed by atoms with Gasteiger partial charge in [-0.1, -0.05) is 13.8 Å². The third kappa shape index (κ3) is 5.22. The SMILES string of the molecule is CCCn1c(C)cc(/C=C(\C#N)C(=O)OCC(=O)N2CCC[C@H](C)C2)c1C. The Kier molecular flexibility index (Phi) is 7.23. The van der Waals surface area contributed by atoms with Crippen LogP contribution >= 0.6 is 0 Å². The second-order valence-corrected chi connectivity index (χ2v) is 7.31. The molecule has 2 rings (SSSR count). The van der Waals surface area contributed by atoms with Gasteiger partial charge in [0.15, 0.2) is 6.61 Å². The van der Waals surface area contributed by atoms with Crippen molar-refractivity contribution in [2.75, 3.05) is 19.7 Å². The molecule has 0 N–H and O–H groups in total. The lowest BCUT2D eigenvalue weighted by molar-refractivity contribution is -0.149. The predicted octanol–water partition coefficient (Wildman–Crippen LogP) is 3.22. The van der Waals surface area contributed by atoms with E-state index in [9.17, 15) is 14.9 Å². The maximum atomic E-state index is 12.3. The fourth-order valence-electron chi connectivity index (χ4n) is 3.55. The Morgan fingerprint density at radius 2 is 2.15 bits per heavy atom. The van der Waals surface area contributed by atoms with Crippen LogP contribution in [0.4, 0.5) is 0 Å². The predicted molar refractivity (Wildman–Crippen MR) is 104 cm³/mol. The van der Waals surface area contributed by atoms with E-state index in [1.165, 1.54) is 0 Å². The van der Waals surface area contributed by atoms with Crippen LogP contribution in [0.2, 0.25) is 0 Å². The van der Waals surface area contributed by atoms with Gasteiger partial charge < -0.3 is 14.2 Å². The van der Waals surface area contributed by atoms with Gasteiger partial charge in [-0.05, 0) is 56.7 Å². The molecule has 146 valence electrons. The number of hydrogen-bond acceptors (Lipinski definition) is 4. The largest absolute Gasteiger partial charge is 0.451 e. The monoisotopic (exact) mass is 371 g/mol.